The number of amides is 1. The van der Waals surface area contributed by atoms with E-state index in [-0.39, 0.29) is 5.56 Å². The monoisotopic (exact) mass is 433 g/mol. The number of methoxy groups -OCH3 is 3. The van der Waals surface area contributed by atoms with Gasteiger partial charge in [-0.25, -0.2) is 0 Å². The number of hydrogen-bond donors (Lipinski definition) is 1. The Labute approximate surface area is 157 Å². The van der Waals surface area contributed by atoms with Crippen molar-refractivity contribution < 1.29 is 19.0 Å². The molecule has 0 saturated carbocycles. The van der Waals surface area contributed by atoms with E-state index < -0.39 is 5.91 Å². The fourth-order valence-corrected chi connectivity index (χ4v) is 3.21. The van der Waals surface area contributed by atoms with Crippen LogP contribution in [-0.4, -0.2) is 27.2 Å². The molecule has 2 aromatic carbocycles. The van der Waals surface area contributed by atoms with E-state index in [4.69, 9.17) is 37.4 Å². The van der Waals surface area contributed by atoms with E-state index in [2.05, 4.69) is 21.2 Å². The summed E-state index contributed by atoms with van der Waals surface area (Å²) in [4.78, 5) is 12.7. The molecule has 0 unspecified atom stereocenters. The maximum Gasteiger partial charge on any atom is 0.257 e. The van der Waals surface area contributed by atoms with Gasteiger partial charge in [0, 0.05) is 0 Å². The molecule has 0 heterocycles. The molecule has 24 heavy (non-hydrogen) atoms. The summed E-state index contributed by atoms with van der Waals surface area (Å²) in [6.45, 7) is 0. The predicted molar refractivity (Wildman–Crippen MR) is 98.2 cm³/mol. The first kappa shape index (κ1) is 18.7. The molecule has 128 valence electrons. The van der Waals surface area contributed by atoms with Crippen LogP contribution in [0.3, 0.4) is 0 Å². The lowest BCUT2D eigenvalue weighted by atomic mass is 10.1. The van der Waals surface area contributed by atoms with E-state index in [0.717, 1.165) is 0 Å². The van der Waals surface area contributed by atoms with E-state index in [1.165, 1.54) is 27.4 Å². The molecule has 1 N–H and O–H groups in total. The minimum atomic E-state index is -0.434. The first-order valence-electron chi connectivity index (χ1n) is 6.68. The molecule has 0 atom stereocenters. The van der Waals surface area contributed by atoms with Crippen molar-refractivity contribution in [1.29, 1.82) is 0 Å². The molecule has 0 aromatic heterocycles. The SMILES string of the molecule is COc1cc(C(=O)Nc2c(Cl)cccc2Cl)c(Br)c(OC)c1OC. The number of nitrogens with one attached hydrogen (secondary N) is 1. The van der Waals surface area contributed by atoms with Crippen molar-refractivity contribution in [2.45, 2.75) is 0 Å². The molecule has 2 aromatic rings. The number of hydrogen-bond acceptors (Lipinski definition) is 4. The van der Waals surface area contributed by atoms with Gasteiger partial charge in [0.1, 0.15) is 0 Å². The Kier molecular flexibility index (Phi) is 6.21. The number of para-hydroxylation sites is 1. The largest absolute Gasteiger partial charge is 0.493 e. The van der Waals surface area contributed by atoms with Gasteiger partial charge in [-0.1, -0.05) is 29.3 Å². The maximum atomic E-state index is 12.7. The third-order valence-corrected chi connectivity index (χ3v) is 4.63. The Hall–Kier alpha value is -1.63. The predicted octanol–water partition coefficient (Wildman–Crippen LogP) is 5.03. The van der Waals surface area contributed by atoms with E-state index in [9.17, 15) is 4.79 Å². The molecule has 5 nitrogen and oxygen atoms in total. The number of carbonyl (C=O) groups excluding carboxylic acids is 1. The average molecular weight is 435 g/mol. The molecule has 0 fully saturated rings. The van der Waals surface area contributed by atoms with Crippen molar-refractivity contribution in [2.24, 2.45) is 0 Å². The van der Waals surface area contributed by atoms with Gasteiger partial charge in [-0.3, -0.25) is 4.79 Å². The number of ether oxygens (including phenoxy) is 3. The van der Waals surface area contributed by atoms with Crippen LogP contribution in [0.4, 0.5) is 5.69 Å². The average Bonchev–Trinajstić information content (AvgIpc) is 2.57. The van der Waals surface area contributed by atoms with Crippen LogP contribution < -0.4 is 19.5 Å². The third-order valence-electron chi connectivity index (χ3n) is 3.22. The van der Waals surface area contributed by atoms with Gasteiger partial charge < -0.3 is 19.5 Å². The highest BCUT2D eigenvalue weighted by Crippen LogP contribution is 2.45. The summed E-state index contributed by atoms with van der Waals surface area (Å²) in [6.07, 6.45) is 0. The summed E-state index contributed by atoms with van der Waals surface area (Å²) >= 11 is 15.5. The molecule has 1 amide bonds. The molecular formula is C16H14BrCl2NO4. The quantitative estimate of drug-likeness (QED) is 0.716. The summed E-state index contributed by atoms with van der Waals surface area (Å²) < 4.78 is 16.3. The van der Waals surface area contributed by atoms with Crippen LogP contribution in [0.2, 0.25) is 10.0 Å². The summed E-state index contributed by atoms with van der Waals surface area (Å²) in [6, 6.07) is 6.49. The molecule has 0 spiro atoms. The van der Waals surface area contributed by atoms with Gasteiger partial charge in [-0.05, 0) is 34.1 Å². The normalized spacial score (nSPS) is 10.2. The van der Waals surface area contributed by atoms with Crippen LogP contribution in [0.15, 0.2) is 28.7 Å². The molecule has 0 aliphatic rings. The lowest BCUT2D eigenvalue weighted by molar-refractivity contribution is 0.102. The van der Waals surface area contributed by atoms with Gasteiger partial charge in [-0.15, -0.1) is 0 Å². The van der Waals surface area contributed by atoms with Gasteiger partial charge in [0.05, 0.1) is 47.1 Å². The van der Waals surface area contributed by atoms with Gasteiger partial charge in [0.15, 0.2) is 11.5 Å². The summed E-state index contributed by atoms with van der Waals surface area (Å²) in [5.74, 6) is 0.635. The lowest BCUT2D eigenvalue weighted by Crippen LogP contribution is -2.14. The number of carbonyl (C=O) groups is 1. The van der Waals surface area contributed by atoms with E-state index in [0.29, 0.717) is 37.5 Å². The Morgan fingerprint density at radius 2 is 1.62 bits per heavy atom. The minimum Gasteiger partial charge on any atom is -0.493 e. The van der Waals surface area contributed by atoms with Crippen LogP contribution in [0.1, 0.15) is 10.4 Å². The highest BCUT2D eigenvalue weighted by molar-refractivity contribution is 9.10. The second-order valence-corrected chi connectivity index (χ2v) is 6.17. The fourth-order valence-electron chi connectivity index (χ4n) is 2.08. The number of benzene rings is 2. The number of halogens is 3. The Morgan fingerprint density at radius 3 is 2.12 bits per heavy atom. The maximum absolute atomic E-state index is 12.7. The molecular weight excluding hydrogens is 421 g/mol. The zero-order valence-corrected chi connectivity index (χ0v) is 16.2. The molecule has 8 heteroatoms. The van der Waals surface area contributed by atoms with Gasteiger partial charge >= 0.3 is 0 Å². The Morgan fingerprint density at radius 1 is 1.04 bits per heavy atom. The van der Waals surface area contributed by atoms with Crippen molar-refractivity contribution in [3.05, 3.63) is 44.3 Å². The van der Waals surface area contributed by atoms with Crippen LogP contribution in [0, 0.1) is 0 Å². The van der Waals surface area contributed by atoms with Gasteiger partial charge in [-0.2, -0.15) is 0 Å². The number of anilines is 1. The van der Waals surface area contributed by atoms with Crippen molar-refractivity contribution in [1.82, 2.24) is 0 Å². The van der Waals surface area contributed by atoms with Crippen molar-refractivity contribution in [2.75, 3.05) is 26.6 Å². The smallest absolute Gasteiger partial charge is 0.257 e. The Bertz CT molecular complexity index is 763. The third kappa shape index (κ3) is 3.55. The summed E-state index contributed by atoms with van der Waals surface area (Å²) in [7, 11) is 4.42. The molecule has 0 bridgehead atoms. The van der Waals surface area contributed by atoms with Crippen LogP contribution in [0.5, 0.6) is 17.2 Å². The first-order valence-corrected chi connectivity index (χ1v) is 8.23. The fraction of sp³-hybridized carbons (Fsp3) is 0.188. The Balaban J connectivity index is 2.50. The van der Waals surface area contributed by atoms with Crippen molar-refractivity contribution in [3.63, 3.8) is 0 Å². The van der Waals surface area contributed by atoms with Crippen LogP contribution in [0.25, 0.3) is 0 Å². The number of rotatable bonds is 5. The molecule has 0 aliphatic heterocycles. The molecule has 0 radical (unpaired) electrons. The van der Waals surface area contributed by atoms with E-state index in [1.54, 1.807) is 18.2 Å². The van der Waals surface area contributed by atoms with Crippen LogP contribution in [-0.2, 0) is 0 Å². The zero-order chi connectivity index (χ0) is 17.9. The van der Waals surface area contributed by atoms with E-state index >= 15 is 0 Å². The second kappa shape index (κ2) is 7.96. The summed E-state index contributed by atoms with van der Waals surface area (Å²) in [5.41, 5.74) is 0.604. The van der Waals surface area contributed by atoms with Crippen LogP contribution >= 0.6 is 39.1 Å². The van der Waals surface area contributed by atoms with Crippen molar-refractivity contribution in [3.8, 4) is 17.2 Å². The van der Waals surface area contributed by atoms with Crippen molar-refractivity contribution >= 4 is 50.7 Å². The topological polar surface area (TPSA) is 56.8 Å². The van der Waals surface area contributed by atoms with Gasteiger partial charge in [0.2, 0.25) is 5.75 Å². The lowest BCUT2D eigenvalue weighted by Gasteiger charge is -2.17. The van der Waals surface area contributed by atoms with Gasteiger partial charge in [0.25, 0.3) is 5.91 Å². The zero-order valence-electron chi connectivity index (χ0n) is 13.1. The molecule has 0 aliphatic carbocycles. The second-order valence-electron chi connectivity index (χ2n) is 4.56. The first-order chi connectivity index (χ1) is 11.4. The highest BCUT2D eigenvalue weighted by Gasteiger charge is 2.23. The minimum absolute atomic E-state index is 0.278. The highest BCUT2D eigenvalue weighted by atomic mass is 79.9. The molecule has 0 saturated heterocycles. The molecule has 2 rings (SSSR count). The summed E-state index contributed by atoms with van der Waals surface area (Å²) in [5, 5.41) is 3.36. The standard InChI is InChI=1S/C16H14BrCl2NO4/c1-22-11-7-8(12(17)15(24-3)14(11)23-2)16(21)20-13-9(18)5-4-6-10(13)19/h4-7H,1-3H3,(H,20,21). The van der Waals surface area contributed by atoms with E-state index in [1.807, 2.05) is 0 Å².